The summed E-state index contributed by atoms with van der Waals surface area (Å²) in [6, 6.07) is -1.06. The zero-order chi connectivity index (χ0) is 53.6. The summed E-state index contributed by atoms with van der Waals surface area (Å²) in [7, 11) is 2.23. The predicted octanol–water partition coefficient (Wildman–Crippen LogP) is -2.97. The summed E-state index contributed by atoms with van der Waals surface area (Å²) >= 11 is 1.40. The van der Waals surface area contributed by atoms with Crippen LogP contribution in [0.1, 0.15) is 77.2 Å². The van der Waals surface area contributed by atoms with Gasteiger partial charge < -0.3 is 76.3 Å². The molecule has 0 aromatic heterocycles. The minimum Gasteiger partial charge on any atom is -0.508 e. The van der Waals surface area contributed by atoms with E-state index in [0.29, 0.717) is 43.5 Å². The molecular weight excluding hydrogens is 995 g/mol. The fourth-order valence-electron chi connectivity index (χ4n) is 6.71. The number of primary amides is 1. The lowest BCUT2D eigenvalue weighted by Crippen LogP contribution is -2.59. The Morgan fingerprint density at radius 3 is 1.99 bits per heavy atom. The number of aromatic hydroxyl groups is 1. The first-order valence-corrected chi connectivity index (χ1v) is 27.3. The molecule has 402 valence electrons. The van der Waals surface area contributed by atoms with Crippen molar-refractivity contribution in [2.24, 2.45) is 44.6 Å². The molecular formula is C44H73N15O10S3. The Kier molecular flexibility index (Phi) is 29.5. The van der Waals surface area contributed by atoms with Crippen LogP contribution in [0.15, 0.2) is 34.3 Å². The van der Waals surface area contributed by atoms with Crippen molar-refractivity contribution in [2.75, 3.05) is 49.7 Å². The Morgan fingerprint density at radius 1 is 0.722 bits per heavy atom. The number of phenols is 1. The Balaban J connectivity index is 2.48. The fraction of sp³-hybridized carbons (Fsp3) is 0.614. The Bertz CT molecular complexity index is 2030. The van der Waals surface area contributed by atoms with Crippen molar-refractivity contribution < 1.29 is 48.3 Å². The molecule has 6 unspecified atom stereocenters. The quantitative estimate of drug-likeness (QED) is 0.0321. The summed E-state index contributed by atoms with van der Waals surface area (Å²) in [5.41, 5.74) is 28.0. The molecule has 0 saturated carbocycles. The highest BCUT2D eigenvalue weighted by Gasteiger charge is 2.33. The van der Waals surface area contributed by atoms with Crippen LogP contribution in [-0.4, -0.2) is 156 Å². The average molecular weight is 1070 g/mol. The van der Waals surface area contributed by atoms with E-state index in [1.807, 2.05) is 0 Å². The number of nitrogens with zero attached hydrogens (tertiary/aromatic N) is 2. The average Bonchev–Trinajstić information content (AvgIpc) is 3.31. The van der Waals surface area contributed by atoms with Gasteiger partial charge in [0, 0.05) is 50.4 Å². The number of carbonyl (C=O) groups is 9. The highest BCUT2D eigenvalue weighted by molar-refractivity contribution is 8.76. The number of nitrogens with two attached hydrogens (primary N) is 5. The highest BCUT2D eigenvalue weighted by Crippen LogP contribution is 2.23. The van der Waals surface area contributed by atoms with Crippen molar-refractivity contribution in [1.82, 2.24) is 42.5 Å². The Labute approximate surface area is 431 Å². The molecule has 1 aliphatic rings. The molecule has 1 heterocycles. The highest BCUT2D eigenvalue weighted by atomic mass is 33.1. The summed E-state index contributed by atoms with van der Waals surface area (Å²) < 4.78 is 0. The van der Waals surface area contributed by atoms with Crippen LogP contribution in [0, 0.1) is 5.92 Å². The van der Waals surface area contributed by atoms with Gasteiger partial charge in [-0.25, -0.2) is 0 Å². The van der Waals surface area contributed by atoms with E-state index in [2.05, 4.69) is 52.5 Å². The van der Waals surface area contributed by atoms with Crippen molar-refractivity contribution in [3.05, 3.63) is 29.8 Å². The van der Waals surface area contributed by atoms with E-state index in [1.165, 1.54) is 23.9 Å². The number of aliphatic imine (C=N–C) groups is 2. The normalized spacial score (nSPS) is 22.1. The van der Waals surface area contributed by atoms with E-state index in [9.17, 15) is 48.3 Å². The number of unbranched alkanes of at least 4 members (excludes halogenated alkanes) is 1. The smallest absolute Gasteiger partial charge is 0.244 e. The van der Waals surface area contributed by atoms with Crippen LogP contribution in [0.5, 0.6) is 5.75 Å². The van der Waals surface area contributed by atoms with Gasteiger partial charge in [0.25, 0.3) is 0 Å². The zero-order valence-corrected chi connectivity index (χ0v) is 43.4. The van der Waals surface area contributed by atoms with Gasteiger partial charge in [0.2, 0.25) is 53.2 Å². The van der Waals surface area contributed by atoms with E-state index in [1.54, 1.807) is 32.2 Å². The van der Waals surface area contributed by atoms with Gasteiger partial charge in [-0.15, -0.1) is 0 Å². The summed E-state index contributed by atoms with van der Waals surface area (Å²) in [4.78, 5) is 129. The molecule has 9 amide bonds. The molecule has 2 rings (SSSR count). The first-order valence-electron chi connectivity index (χ1n) is 23.5. The van der Waals surface area contributed by atoms with Gasteiger partial charge in [0.1, 0.15) is 42.0 Å². The topological polar surface area (TPSA) is 425 Å². The maximum absolute atomic E-state index is 14.0. The minimum absolute atomic E-state index is 0.000257. The van der Waals surface area contributed by atoms with Gasteiger partial charge in [0.15, 0.2) is 11.9 Å². The molecule has 19 N–H and O–H groups in total. The number of hydrogen-bond acceptors (Lipinski definition) is 15. The number of amides is 9. The monoisotopic (exact) mass is 1070 g/mol. The molecule has 1 aliphatic heterocycles. The van der Waals surface area contributed by atoms with Gasteiger partial charge in [-0.05, 0) is 80.6 Å². The number of phenolic OH excluding ortho intramolecular Hbond substituents is 1. The molecule has 1 fully saturated rings. The summed E-state index contributed by atoms with van der Waals surface area (Å²) in [6.07, 6.45) is 3.62. The van der Waals surface area contributed by atoms with Crippen molar-refractivity contribution in [1.29, 1.82) is 0 Å². The zero-order valence-electron chi connectivity index (χ0n) is 41.0. The SMILES string of the molecule is CSCCC1NC(=O)C(NC(=O)CCCCN=C(N)N)CSSCC(C(N)=O)NC(=O)CCCCNC(=O)C(Cc2ccc(O)cc2)NC(=O)C(C(C)C)NC(=O)C(CCCN=C(N)N)NC(=O)CNC1=O. The minimum atomic E-state index is -1.26. The number of hydrogen-bond donors (Lipinski definition) is 14. The van der Waals surface area contributed by atoms with Gasteiger partial charge in [0.05, 0.1) is 6.54 Å². The van der Waals surface area contributed by atoms with Crippen molar-refractivity contribution in [3.63, 3.8) is 0 Å². The third kappa shape index (κ3) is 25.8. The van der Waals surface area contributed by atoms with Crippen LogP contribution in [0.3, 0.4) is 0 Å². The molecule has 72 heavy (non-hydrogen) atoms. The molecule has 0 spiro atoms. The van der Waals surface area contributed by atoms with Crippen molar-refractivity contribution in [3.8, 4) is 5.75 Å². The summed E-state index contributed by atoms with van der Waals surface area (Å²) in [5.74, 6) is -6.48. The molecule has 1 aromatic rings. The van der Waals surface area contributed by atoms with Crippen LogP contribution in [-0.2, 0) is 49.6 Å². The van der Waals surface area contributed by atoms with Crippen LogP contribution in [0.2, 0.25) is 0 Å². The van der Waals surface area contributed by atoms with E-state index < -0.39 is 102 Å². The molecule has 0 bridgehead atoms. The predicted molar refractivity (Wildman–Crippen MR) is 280 cm³/mol. The fourth-order valence-corrected chi connectivity index (χ4v) is 9.52. The van der Waals surface area contributed by atoms with Crippen LogP contribution in [0.25, 0.3) is 0 Å². The maximum atomic E-state index is 14.0. The largest absolute Gasteiger partial charge is 0.508 e. The molecule has 6 atom stereocenters. The number of benzene rings is 1. The number of carbonyl (C=O) groups excluding carboxylic acids is 9. The Morgan fingerprint density at radius 2 is 1.35 bits per heavy atom. The second-order valence-corrected chi connectivity index (χ2v) is 20.6. The number of thioether (sulfide) groups is 1. The van der Waals surface area contributed by atoms with E-state index in [4.69, 9.17) is 28.7 Å². The van der Waals surface area contributed by atoms with Gasteiger partial charge >= 0.3 is 0 Å². The third-order valence-electron chi connectivity index (χ3n) is 10.6. The number of rotatable bonds is 17. The Hall–Kier alpha value is -6.16. The molecule has 1 saturated heterocycles. The first-order chi connectivity index (χ1) is 34.2. The van der Waals surface area contributed by atoms with E-state index in [0.717, 1.165) is 21.6 Å². The lowest BCUT2D eigenvalue weighted by molar-refractivity contribution is -0.135. The molecule has 0 radical (unpaired) electrons. The first kappa shape index (κ1) is 62.0. The third-order valence-corrected chi connectivity index (χ3v) is 13.7. The lowest BCUT2D eigenvalue weighted by Gasteiger charge is -2.27. The molecule has 0 aliphatic carbocycles. The summed E-state index contributed by atoms with van der Waals surface area (Å²) in [5, 5.41) is 31.2. The van der Waals surface area contributed by atoms with Crippen molar-refractivity contribution in [2.45, 2.75) is 114 Å². The van der Waals surface area contributed by atoms with E-state index in [-0.39, 0.29) is 80.8 Å². The molecule has 1 aromatic carbocycles. The standard InChI is InChI=1S/C44H73N15O10S3/c1-25(2)36-42(69)58-30(21-26-12-14-27(60)15-13-26)39(66)50-17-6-4-10-33(61)55-31(37(45)64)23-71-72-24-32(56-34(62)11-5-7-18-51-43(46)47)41(68)57-29(16-20-70-3)38(65)53-22-35(63)54-28(40(67)59-36)9-8-19-52-44(48)49/h12-15,25,28-32,36,60H,4-11,16-24H2,1-3H3,(H2,45,64)(H,50,66)(H,53,65)(H,54,63)(H,55,61)(H,56,62)(H,57,68)(H,58,69)(H,59,67)(H4,46,47,51)(H4,48,49,52). The number of guanidine groups is 2. The van der Waals surface area contributed by atoms with Crippen LogP contribution in [0.4, 0.5) is 0 Å². The van der Waals surface area contributed by atoms with Crippen molar-refractivity contribution >= 4 is 98.4 Å². The van der Waals surface area contributed by atoms with Gasteiger partial charge in [-0.2, -0.15) is 11.8 Å². The van der Waals surface area contributed by atoms with Gasteiger partial charge in [-0.3, -0.25) is 53.1 Å². The second kappa shape index (κ2) is 34.2. The molecule has 25 nitrogen and oxygen atoms in total. The number of nitrogens with one attached hydrogen (secondary N) is 8. The lowest BCUT2D eigenvalue weighted by atomic mass is 10.00. The summed E-state index contributed by atoms with van der Waals surface area (Å²) in [6.45, 7) is 3.21. The van der Waals surface area contributed by atoms with Gasteiger partial charge in [-0.1, -0.05) is 47.6 Å². The maximum Gasteiger partial charge on any atom is 0.244 e. The van der Waals surface area contributed by atoms with E-state index >= 15 is 0 Å². The second-order valence-electron chi connectivity index (χ2n) is 17.0. The van der Waals surface area contributed by atoms with Crippen LogP contribution < -0.4 is 71.2 Å². The molecule has 28 heteroatoms. The van der Waals surface area contributed by atoms with Crippen LogP contribution >= 0.6 is 33.3 Å².